The van der Waals surface area contributed by atoms with Gasteiger partial charge in [-0.1, -0.05) is 6.07 Å². The van der Waals surface area contributed by atoms with Crippen molar-refractivity contribution in [3.8, 4) is 34.4 Å². The van der Waals surface area contributed by atoms with Crippen LogP contribution in [0.2, 0.25) is 0 Å². The minimum Gasteiger partial charge on any atom is -0.507 e. The molecule has 0 unspecified atom stereocenters. The van der Waals surface area contributed by atoms with Crippen LogP contribution in [0, 0.1) is 5.82 Å². The van der Waals surface area contributed by atoms with Crippen LogP contribution in [-0.2, 0) is 0 Å². The molecule has 2 bridgehead atoms. The fraction of sp³-hybridized carbons (Fsp3) is 0.458. The number of aromatic nitrogens is 5. The predicted molar refractivity (Wildman–Crippen MR) is 125 cm³/mol. The Kier molecular flexibility index (Phi) is 5.54. The third-order valence-corrected chi connectivity index (χ3v) is 7.21. The molecule has 2 N–H and O–H groups in total. The molecule has 0 radical (unpaired) electrons. The number of hydrogen-bond acceptors (Lipinski definition) is 9. The summed E-state index contributed by atoms with van der Waals surface area (Å²) < 4.78 is 34.6. The maximum Gasteiger partial charge on any atom is 0.316 e. The standard InChI is InChI=1S/C24H27F2N7O2/c1-23-7-8-24(2,32-23)20(26)16(10-23)33(3)18-12-27-21(31-30-18)14-6-5-13(9-17(14)34)19-15(25)11-28-22(29-19)35-4/h5-6,9,11-12,16,20,32,34H,7-8,10H2,1-4H3/t16-,20-,23-,24+/m0/s1. The van der Waals surface area contributed by atoms with E-state index in [0.29, 0.717) is 23.4 Å². The van der Waals surface area contributed by atoms with Crippen LogP contribution in [0.25, 0.3) is 22.6 Å². The molecule has 2 aromatic heterocycles. The molecule has 0 aliphatic carbocycles. The molecule has 0 spiro atoms. The summed E-state index contributed by atoms with van der Waals surface area (Å²) in [6, 6.07) is 4.16. The number of piperidine rings is 1. The quantitative estimate of drug-likeness (QED) is 0.565. The van der Waals surface area contributed by atoms with E-state index in [1.54, 1.807) is 24.1 Å². The number of fused-ring (bicyclic) bond motifs is 2. The van der Waals surface area contributed by atoms with Crippen molar-refractivity contribution < 1.29 is 18.6 Å². The summed E-state index contributed by atoms with van der Waals surface area (Å²) in [6.45, 7) is 4.07. The van der Waals surface area contributed by atoms with Gasteiger partial charge in [-0.15, -0.1) is 10.2 Å². The van der Waals surface area contributed by atoms with Gasteiger partial charge in [0.25, 0.3) is 0 Å². The Labute approximate surface area is 201 Å². The Morgan fingerprint density at radius 3 is 2.66 bits per heavy atom. The molecule has 11 heteroatoms. The molecular formula is C24H27F2N7O2. The van der Waals surface area contributed by atoms with Crippen molar-refractivity contribution in [1.82, 2.24) is 30.5 Å². The van der Waals surface area contributed by atoms with Crippen LogP contribution in [0.5, 0.6) is 11.8 Å². The SMILES string of the molecule is COc1ncc(F)c(-c2ccc(-c3ncc(N(C)[C@H]4C[C@]5(C)CC[C@@](C)(N5)[C@H]4F)nn3)c(O)c2)n1. The van der Waals surface area contributed by atoms with Gasteiger partial charge in [0.05, 0.1) is 31.1 Å². The monoisotopic (exact) mass is 483 g/mol. The highest BCUT2D eigenvalue weighted by Crippen LogP contribution is 2.45. The second-order valence-electron chi connectivity index (χ2n) is 9.81. The lowest BCUT2D eigenvalue weighted by molar-refractivity contribution is 0.0859. The molecule has 2 fully saturated rings. The van der Waals surface area contributed by atoms with Gasteiger partial charge in [-0.3, -0.25) is 0 Å². The van der Waals surface area contributed by atoms with E-state index in [1.165, 1.54) is 19.4 Å². The van der Waals surface area contributed by atoms with Gasteiger partial charge in [0, 0.05) is 23.7 Å². The average Bonchev–Trinajstić information content (AvgIpc) is 3.13. The van der Waals surface area contributed by atoms with Crippen molar-refractivity contribution in [3.05, 3.63) is 36.4 Å². The topological polar surface area (TPSA) is 109 Å². The third-order valence-electron chi connectivity index (χ3n) is 7.21. The maximum absolute atomic E-state index is 15.4. The van der Waals surface area contributed by atoms with Gasteiger partial charge in [0.15, 0.2) is 17.5 Å². The summed E-state index contributed by atoms with van der Waals surface area (Å²) in [4.78, 5) is 13.9. The maximum atomic E-state index is 15.4. The highest BCUT2D eigenvalue weighted by Gasteiger charge is 2.56. The second-order valence-corrected chi connectivity index (χ2v) is 9.81. The highest BCUT2D eigenvalue weighted by atomic mass is 19.1. The zero-order valence-electron chi connectivity index (χ0n) is 20.0. The number of aromatic hydroxyl groups is 1. The van der Waals surface area contributed by atoms with Crippen molar-refractivity contribution in [3.63, 3.8) is 0 Å². The van der Waals surface area contributed by atoms with E-state index < -0.39 is 17.5 Å². The molecule has 1 aromatic carbocycles. The predicted octanol–water partition coefficient (Wildman–Crippen LogP) is 3.30. The molecule has 3 aromatic rings. The van der Waals surface area contributed by atoms with Crippen molar-refractivity contribution in [1.29, 1.82) is 0 Å². The molecule has 0 amide bonds. The first-order chi connectivity index (χ1) is 16.6. The van der Waals surface area contributed by atoms with Crippen LogP contribution in [0.15, 0.2) is 30.6 Å². The largest absolute Gasteiger partial charge is 0.507 e. The minimum absolute atomic E-state index is 0.00572. The fourth-order valence-corrected chi connectivity index (χ4v) is 5.28. The van der Waals surface area contributed by atoms with Crippen molar-refractivity contribution >= 4 is 5.82 Å². The summed E-state index contributed by atoms with van der Waals surface area (Å²) in [5, 5.41) is 22.5. The number of anilines is 1. The van der Waals surface area contributed by atoms with Crippen LogP contribution in [-0.4, -0.2) is 67.7 Å². The van der Waals surface area contributed by atoms with E-state index in [1.807, 2.05) is 6.92 Å². The molecule has 5 rings (SSSR count). The summed E-state index contributed by atoms with van der Waals surface area (Å²) in [7, 11) is 3.18. The van der Waals surface area contributed by atoms with E-state index >= 15 is 4.39 Å². The number of phenolic OH excluding ortho intramolecular Hbond substituents is 1. The normalized spacial score (nSPS) is 27.6. The average molecular weight is 484 g/mol. The number of halogens is 2. The number of nitrogens with zero attached hydrogens (tertiary/aromatic N) is 6. The fourth-order valence-electron chi connectivity index (χ4n) is 5.28. The van der Waals surface area contributed by atoms with Crippen LogP contribution in [0.4, 0.5) is 14.6 Å². The number of rotatable bonds is 5. The Hall–Kier alpha value is -3.47. The van der Waals surface area contributed by atoms with E-state index in [-0.39, 0.29) is 34.9 Å². The molecule has 2 aliphatic heterocycles. The number of hydrogen-bond donors (Lipinski definition) is 2. The number of ether oxygens (including phenoxy) is 1. The Bertz CT molecular complexity index is 1260. The van der Waals surface area contributed by atoms with E-state index in [9.17, 15) is 9.50 Å². The highest BCUT2D eigenvalue weighted by molar-refractivity contribution is 5.71. The van der Waals surface area contributed by atoms with Crippen molar-refractivity contribution in [2.45, 2.75) is 56.4 Å². The molecule has 4 atom stereocenters. The summed E-state index contributed by atoms with van der Waals surface area (Å²) >= 11 is 0. The van der Waals surface area contributed by atoms with Gasteiger partial charge in [-0.05, 0) is 45.2 Å². The Morgan fingerprint density at radius 1 is 1.17 bits per heavy atom. The van der Waals surface area contributed by atoms with Crippen LogP contribution >= 0.6 is 0 Å². The van der Waals surface area contributed by atoms with Gasteiger partial charge in [-0.25, -0.2) is 18.7 Å². The van der Waals surface area contributed by atoms with E-state index in [0.717, 1.165) is 19.0 Å². The molecule has 2 saturated heterocycles. The van der Waals surface area contributed by atoms with Gasteiger partial charge in [-0.2, -0.15) is 4.98 Å². The first kappa shape index (κ1) is 23.3. The smallest absolute Gasteiger partial charge is 0.316 e. The van der Waals surface area contributed by atoms with Gasteiger partial charge in [0.1, 0.15) is 17.6 Å². The number of methoxy groups -OCH3 is 1. The molecule has 4 heterocycles. The zero-order valence-corrected chi connectivity index (χ0v) is 20.0. The zero-order chi connectivity index (χ0) is 25.0. The number of benzene rings is 1. The minimum atomic E-state index is -1.07. The lowest BCUT2D eigenvalue weighted by Crippen LogP contribution is -2.65. The van der Waals surface area contributed by atoms with Crippen molar-refractivity contribution in [2.24, 2.45) is 0 Å². The first-order valence-corrected chi connectivity index (χ1v) is 11.4. The first-order valence-electron chi connectivity index (χ1n) is 11.4. The summed E-state index contributed by atoms with van der Waals surface area (Å²) in [6.07, 6.45) is 3.83. The summed E-state index contributed by atoms with van der Waals surface area (Å²) in [5.41, 5.74) is -0.0233. The Balaban J connectivity index is 1.38. The third kappa shape index (κ3) is 4.03. The molecular weight excluding hydrogens is 456 g/mol. The van der Waals surface area contributed by atoms with Gasteiger partial charge >= 0.3 is 6.01 Å². The van der Waals surface area contributed by atoms with E-state index in [4.69, 9.17) is 4.74 Å². The lowest BCUT2D eigenvalue weighted by atomic mass is 9.82. The number of nitrogens with one attached hydrogen (secondary N) is 1. The summed E-state index contributed by atoms with van der Waals surface area (Å²) in [5.74, 6) is -0.181. The number of alkyl halides is 1. The van der Waals surface area contributed by atoms with Gasteiger partial charge < -0.3 is 20.1 Å². The molecule has 9 nitrogen and oxygen atoms in total. The number of phenols is 1. The van der Waals surface area contributed by atoms with Crippen LogP contribution in [0.1, 0.15) is 33.1 Å². The Morgan fingerprint density at radius 2 is 1.97 bits per heavy atom. The lowest BCUT2D eigenvalue weighted by Gasteiger charge is -2.47. The van der Waals surface area contributed by atoms with E-state index in [2.05, 4.69) is 37.4 Å². The second kappa shape index (κ2) is 8.33. The molecule has 35 heavy (non-hydrogen) atoms. The molecule has 184 valence electrons. The van der Waals surface area contributed by atoms with Crippen molar-refractivity contribution in [2.75, 3.05) is 19.1 Å². The molecule has 0 saturated carbocycles. The van der Waals surface area contributed by atoms with Gasteiger partial charge in [0.2, 0.25) is 0 Å². The van der Waals surface area contributed by atoms with Crippen LogP contribution < -0.4 is 15.0 Å². The molecule has 2 aliphatic rings. The van der Waals surface area contributed by atoms with Crippen LogP contribution in [0.3, 0.4) is 0 Å².